The zero-order valence-electron chi connectivity index (χ0n) is 71.7. The lowest BCUT2D eigenvalue weighted by molar-refractivity contribution is 0.473. The molecule has 0 radical (unpaired) electrons. The van der Waals surface area contributed by atoms with Crippen molar-refractivity contribution in [3.8, 4) is 23.0 Å². The summed E-state index contributed by atoms with van der Waals surface area (Å²) in [6.45, 7) is 0. The molecule has 0 unspecified atom stereocenters. The number of rotatable bonds is 38. The lowest BCUT2D eigenvalue weighted by Crippen LogP contribution is -2.50. The Hall–Kier alpha value is -13.5. The van der Waals surface area contributed by atoms with E-state index in [0.29, 0.717) is 106 Å². The van der Waals surface area contributed by atoms with E-state index in [-0.39, 0.29) is 23.0 Å². The first-order chi connectivity index (χ1) is 62.8. The van der Waals surface area contributed by atoms with Crippen LogP contribution in [0.4, 0.5) is 17.6 Å². The van der Waals surface area contributed by atoms with Gasteiger partial charge in [-0.25, -0.2) is 17.6 Å². The van der Waals surface area contributed by atoms with Gasteiger partial charge in [0.05, 0.1) is 0 Å². The molecule has 0 aliphatic heterocycles. The molecule has 0 heterocycles. The fourth-order valence-corrected chi connectivity index (χ4v) is 35.5. The molecule has 0 spiro atoms. The lowest BCUT2D eigenvalue weighted by Gasteiger charge is -2.34. The maximum Gasteiger partial charge on any atom is 0.264 e. The van der Waals surface area contributed by atoms with E-state index < -0.39 is 68.4 Å². The standard InChI is InChI=1S/C116H102F4O4Si4/c117-107-73-103(65-69-111(107)121-125(77-89-37-13-1-14-38-89,78-90-39-15-2-16-40-90)79-91-41-17-3-18-42-91)115(104-66-70-112(108(118)74-104)122-126(80-92-43-19-4-20-44-92,81-93-45-21-5-22-46-93)82-94-47-23-6-24-48-94)101-61-63-102(64-62-101)116(105-67-71-113(109(119)75-105)123-127(83-95-49-25-7-26-50-95,84-96-51-27-8-28-52-96)85-97-53-29-9-30-54-97)106-68-72-114(110(120)76-106)124-128(86-98-55-31-10-32-56-98,87-99-57-33-11-34-58-99)88-100-59-35-12-36-60-100/h1-76,115-116H,77-88H2. The van der Waals surface area contributed by atoms with Gasteiger partial charge in [0.25, 0.3) is 33.3 Å². The minimum Gasteiger partial charge on any atom is -0.541 e. The first kappa shape index (κ1) is 86.6. The van der Waals surface area contributed by atoms with E-state index in [0.717, 1.165) is 66.8 Å². The van der Waals surface area contributed by atoms with Crippen molar-refractivity contribution in [2.75, 3.05) is 0 Å². The summed E-state index contributed by atoms with van der Waals surface area (Å²) in [7, 11) is -12.5. The zero-order valence-corrected chi connectivity index (χ0v) is 75.7. The van der Waals surface area contributed by atoms with Crippen molar-refractivity contribution in [3.63, 3.8) is 0 Å². The molecule has 0 saturated heterocycles. The van der Waals surface area contributed by atoms with Crippen LogP contribution in [0.25, 0.3) is 0 Å². The normalized spacial score (nSPS) is 11.8. The molecule has 12 heteroatoms. The van der Waals surface area contributed by atoms with Crippen molar-refractivity contribution < 1.29 is 35.3 Å². The SMILES string of the molecule is Fc1cc(C(c2ccc(C(c3ccc(O[Si](Cc4ccccc4)(Cc4ccccc4)Cc4ccccc4)c(F)c3)c3ccc(O[Si](Cc4ccccc4)(Cc4ccccc4)Cc4ccccc4)c(F)c3)cc2)c2ccc(O[Si](Cc3ccccc3)(Cc3ccccc3)Cc3ccccc3)c(F)c2)ccc1O[Si](Cc1ccccc1)(Cc1ccccc1)Cc1ccccc1. The van der Waals surface area contributed by atoms with E-state index in [1.807, 2.05) is 267 Å². The lowest BCUT2D eigenvalue weighted by atomic mass is 9.81. The summed E-state index contributed by atoms with van der Waals surface area (Å²) < 4.78 is 104. The molecule has 4 nitrogen and oxygen atoms in total. The van der Waals surface area contributed by atoms with Crippen LogP contribution in [0, 0.1) is 23.3 Å². The van der Waals surface area contributed by atoms with E-state index in [1.54, 1.807) is 48.5 Å². The summed E-state index contributed by atoms with van der Waals surface area (Å²) in [4.78, 5) is 0. The van der Waals surface area contributed by atoms with E-state index in [9.17, 15) is 0 Å². The van der Waals surface area contributed by atoms with Crippen LogP contribution in [0.15, 0.2) is 461 Å². The highest BCUT2D eigenvalue weighted by Gasteiger charge is 2.44. The van der Waals surface area contributed by atoms with Crippen LogP contribution in [-0.2, 0) is 72.5 Å². The van der Waals surface area contributed by atoms with Gasteiger partial charge in [-0.05, 0) is 149 Å². The molecule has 17 aromatic rings. The summed E-state index contributed by atoms with van der Waals surface area (Å²) in [6.07, 6.45) is 0. The highest BCUT2D eigenvalue weighted by atomic mass is 28.4. The Morgan fingerprint density at radius 3 is 0.383 bits per heavy atom. The Morgan fingerprint density at radius 2 is 0.266 bits per heavy atom. The summed E-state index contributed by atoms with van der Waals surface area (Å²) in [5, 5.41) is 0. The molecule has 0 bridgehead atoms. The summed E-state index contributed by atoms with van der Waals surface area (Å²) in [5.74, 6) is -3.29. The van der Waals surface area contributed by atoms with Gasteiger partial charge in [0, 0.05) is 84.4 Å². The fourth-order valence-electron chi connectivity index (χ4n) is 18.9. The van der Waals surface area contributed by atoms with Crippen LogP contribution in [0.1, 0.15) is 112 Å². The largest absolute Gasteiger partial charge is 0.541 e. The molecular formula is C116H102F4O4Si4. The van der Waals surface area contributed by atoms with Crippen LogP contribution in [0.3, 0.4) is 0 Å². The second kappa shape index (κ2) is 41.3. The Balaban J connectivity index is 0.799. The van der Waals surface area contributed by atoms with E-state index >= 15 is 17.6 Å². The Kier molecular flexibility index (Phi) is 28.0. The van der Waals surface area contributed by atoms with Gasteiger partial charge < -0.3 is 17.7 Å². The van der Waals surface area contributed by atoms with Gasteiger partial charge in [-0.1, -0.05) is 413 Å². The van der Waals surface area contributed by atoms with Crippen LogP contribution < -0.4 is 17.7 Å². The monoisotopic (exact) mass is 1750 g/mol. The van der Waals surface area contributed by atoms with Crippen LogP contribution >= 0.6 is 0 Å². The number of hydrogen-bond acceptors (Lipinski definition) is 4. The molecule has 0 amide bonds. The Labute approximate surface area is 755 Å². The van der Waals surface area contributed by atoms with Crippen molar-refractivity contribution in [2.45, 2.75) is 84.4 Å². The van der Waals surface area contributed by atoms with Crippen molar-refractivity contribution >= 4 is 33.3 Å². The number of hydrogen-bond donors (Lipinski definition) is 0. The van der Waals surface area contributed by atoms with Gasteiger partial charge >= 0.3 is 0 Å². The average Bonchev–Trinajstić information content (AvgIpc) is 0.771. The highest BCUT2D eigenvalue weighted by molar-refractivity contribution is 6.74. The van der Waals surface area contributed by atoms with Gasteiger partial charge in [0.15, 0.2) is 23.3 Å². The summed E-state index contributed by atoms with van der Waals surface area (Å²) in [5.41, 5.74) is 16.8. The molecule has 17 aromatic carbocycles. The quantitative estimate of drug-likeness (QED) is 0.0220. The van der Waals surface area contributed by atoms with E-state index in [4.69, 9.17) is 17.7 Å². The van der Waals surface area contributed by atoms with Crippen LogP contribution in [0.2, 0.25) is 0 Å². The third-order valence-electron chi connectivity index (χ3n) is 24.5. The first-order valence-electron chi connectivity index (χ1n) is 44.3. The van der Waals surface area contributed by atoms with Crippen molar-refractivity contribution in [1.82, 2.24) is 0 Å². The predicted molar refractivity (Wildman–Crippen MR) is 521 cm³/mol. The molecule has 128 heavy (non-hydrogen) atoms. The molecule has 634 valence electrons. The maximum atomic E-state index is 18.4. The van der Waals surface area contributed by atoms with E-state index in [1.165, 1.54) is 0 Å². The molecule has 17 rings (SSSR count). The third-order valence-corrected chi connectivity index (χ3v) is 39.7. The Bertz CT molecular complexity index is 5200. The molecule has 0 aliphatic carbocycles. The minimum atomic E-state index is -3.13. The number of halogens is 4. The predicted octanol–water partition coefficient (Wildman–Crippen LogP) is 27.3. The molecule has 0 atom stereocenters. The van der Waals surface area contributed by atoms with E-state index in [2.05, 4.69) is 146 Å². The molecule has 0 aliphatic rings. The molecule has 0 saturated carbocycles. The fraction of sp³-hybridized carbons (Fsp3) is 0.121. The molecular weight excluding hydrogens is 1650 g/mol. The molecule has 0 aromatic heterocycles. The van der Waals surface area contributed by atoms with Crippen molar-refractivity contribution in [2.24, 2.45) is 0 Å². The van der Waals surface area contributed by atoms with Gasteiger partial charge in [-0.3, -0.25) is 0 Å². The van der Waals surface area contributed by atoms with Crippen molar-refractivity contribution in [1.29, 1.82) is 0 Å². The smallest absolute Gasteiger partial charge is 0.264 e. The van der Waals surface area contributed by atoms with Gasteiger partial charge in [-0.15, -0.1) is 0 Å². The van der Waals surface area contributed by atoms with Crippen LogP contribution in [-0.4, -0.2) is 33.3 Å². The van der Waals surface area contributed by atoms with Crippen molar-refractivity contribution in [3.05, 3.63) is 584 Å². The van der Waals surface area contributed by atoms with Gasteiger partial charge in [-0.2, -0.15) is 0 Å². The Morgan fingerprint density at radius 1 is 0.148 bits per heavy atom. The zero-order chi connectivity index (χ0) is 87.2. The van der Waals surface area contributed by atoms with Crippen LogP contribution in [0.5, 0.6) is 23.0 Å². The van der Waals surface area contributed by atoms with Gasteiger partial charge in [0.1, 0.15) is 23.0 Å². The second-order valence-electron chi connectivity index (χ2n) is 34.4. The third kappa shape index (κ3) is 22.7. The second-order valence-corrected chi connectivity index (χ2v) is 48.9. The summed E-state index contributed by atoms with van der Waals surface area (Å²) in [6, 6.07) is 160. The minimum absolute atomic E-state index is 0.132. The first-order valence-corrected chi connectivity index (χ1v) is 54.4. The molecule has 0 fully saturated rings. The highest BCUT2D eigenvalue weighted by Crippen LogP contribution is 2.43. The summed E-state index contributed by atoms with van der Waals surface area (Å²) >= 11 is 0. The topological polar surface area (TPSA) is 36.9 Å². The number of benzene rings is 17. The average molecular weight is 1750 g/mol. The maximum absolute atomic E-state index is 18.4. The molecule has 0 N–H and O–H groups in total. The van der Waals surface area contributed by atoms with Gasteiger partial charge in [0.2, 0.25) is 0 Å².